The van der Waals surface area contributed by atoms with Gasteiger partial charge in [0.2, 0.25) is 5.76 Å². The zero-order valence-corrected chi connectivity index (χ0v) is 18.3. The van der Waals surface area contributed by atoms with Gasteiger partial charge in [-0.25, -0.2) is 9.78 Å². The smallest absolute Gasteiger partial charge is 0.374 e. The lowest BCUT2D eigenvalue weighted by Crippen LogP contribution is -2.04. The highest BCUT2D eigenvalue weighted by molar-refractivity contribution is 8.00. The van der Waals surface area contributed by atoms with Gasteiger partial charge in [0.15, 0.2) is 9.50 Å². The maximum absolute atomic E-state index is 11.8. The zero-order valence-electron chi connectivity index (χ0n) is 15.8. The van der Waals surface area contributed by atoms with Crippen LogP contribution in [0.25, 0.3) is 10.2 Å². The highest BCUT2D eigenvalue weighted by atomic mass is 32.2. The number of nitrogens with zero attached hydrogens (tertiary/aromatic N) is 4. The van der Waals surface area contributed by atoms with Crippen LogP contribution < -0.4 is 0 Å². The van der Waals surface area contributed by atoms with Crippen molar-refractivity contribution in [1.29, 1.82) is 0 Å². The maximum atomic E-state index is 11.8. The monoisotopic (exact) mass is 446 g/mol. The second-order valence-corrected chi connectivity index (χ2v) is 9.13. The Balaban J connectivity index is 1.44. The van der Waals surface area contributed by atoms with Crippen molar-refractivity contribution in [1.82, 2.24) is 19.7 Å². The lowest BCUT2D eigenvalue weighted by molar-refractivity contribution is 0.0564. The standard InChI is InChI=1S/C19H18N4O3S3/c1-3-23-15(11-28-19-20-13-6-4-5-7-14(13)29-19)21-22-18(23)27-10-12-8-9-26-16(12)17(24)25-2/h4-9H,3,10-11H2,1-2H3. The van der Waals surface area contributed by atoms with Crippen molar-refractivity contribution in [3.8, 4) is 0 Å². The van der Waals surface area contributed by atoms with Gasteiger partial charge in [-0.3, -0.25) is 0 Å². The number of carbonyl (C=O) groups is 1. The Morgan fingerprint density at radius 3 is 2.86 bits per heavy atom. The van der Waals surface area contributed by atoms with Gasteiger partial charge < -0.3 is 13.7 Å². The lowest BCUT2D eigenvalue weighted by Gasteiger charge is -2.06. The first-order valence-electron chi connectivity index (χ1n) is 8.87. The number of methoxy groups -OCH3 is 1. The first-order chi connectivity index (χ1) is 14.2. The molecule has 0 N–H and O–H groups in total. The summed E-state index contributed by atoms with van der Waals surface area (Å²) in [6.07, 6.45) is 1.49. The summed E-state index contributed by atoms with van der Waals surface area (Å²) >= 11 is 4.87. The molecule has 0 saturated carbocycles. The van der Waals surface area contributed by atoms with E-state index in [9.17, 15) is 4.79 Å². The summed E-state index contributed by atoms with van der Waals surface area (Å²) in [5.41, 5.74) is 1.80. The van der Waals surface area contributed by atoms with Crippen LogP contribution in [-0.4, -0.2) is 32.8 Å². The molecule has 3 heterocycles. The maximum Gasteiger partial charge on any atom is 0.374 e. The van der Waals surface area contributed by atoms with Gasteiger partial charge in [0.25, 0.3) is 0 Å². The van der Waals surface area contributed by atoms with Crippen molar-refractivity contribution in [2.45, 2.75) is 34.5 Å². The minimum absolute atomic E-state index is 0.231. The van der Waals surface area contributed by atoms with Crippen molar-refractivity contribution in [3.63, 3.8) is 0 Å². The Labute approximate surface area is 179 Å². The first kappa shape index (κ1) is 20.0. The van der Waals surface area contributed by atoms with Gasteiger partial charge in [-0.05, 0) is 25.1 Å². The number of ether oxygens (including phenoxy) is 1. The third kappa shape index (κ3) is 4.34. The molecule has 0 aliphatic rings. The Morgan fingerprint density at radius 1 is 1.21 bits per heavy atom. The Kier molecular flexibility index (Phi) is 6.22. The fraction of sp³-hybridized carbons (Fsp3) is 0.263. The number of furan rings is 1. The fourth-order valence-corrected chi connectivity index (χ4v) is 5.76. The molecular formula is C19H18N4O3S3. The van der Waals surface area contributed by atoms with E-state index in [1.54, 1.807) is 29.2 Å². The normalized spacial score (nSPS) is 11.2. The molecule has 0 unspecified atom stereocenters. The predicted molar refractivity (Wildman–Crippen MR) is 114 cm³/mol. The number of hydrogen-bond acceptors (Lipinski definition) is 9. The van der Waals surface area contributed by atoms with Crippen LogP contribution in [0, 0.1) is 0 Å². The second kappa shape index (κ2) is 9.02. The molecule has 1 aromatic carbocycles. The highest BCUT2D eigenvalue weighted by Gasteiger charge is 2.18. The lowest BCUT2D eigenvalue weighted by atomic mass is 10.3. The fourth-order valence-electron chi connectivity index (χ4n) is 2.75. The molecule has 0 aliphatic carbocycles. The summed E-state index contributed by atoms with van der Waals surface area (Å²) in [7, 11) is 1.34. The Hall–Kier alpha value is -2.30. The molecule has 3 aromatic heterocycles. The number of rotatable bonds is 8. The van der Waals surface area contributed by atoms with Crippen molar-refractivity contribution < 1.29 is 13.9 Å². The molecule has 0 spiro atoms. The molecule has 4 aromatic rings. The summed E-state index contributed by atoms with van der Waals surface area (Å²) < 4.78 is 14.3. The topological polar surface area (TPSA) is 83.0 Å². The van der Waals surface area contributed by atoms with Gasteiger partial charge in [0.1, 0.15) is 5.82 Å². The Bertz CT molecular complexity index is 1100. The van der Waals surface area contributed by atoms with Gasteiger partial charge in [0.05, 0.1) is 29.3 Å². The summed E-state index contributed by atoms with van der Waals surface area (Å²) in [5.74, 6) is 1.90. The van der Waals surface area contributed by atoms with E-state index in [-0.39, 0.29) is 5.76 Å². The van der Waals surface area contributed by atoms with Crippen molar-refractivity contribution in [2.24, 2.45) is 0 Å². The number of thiazole rings is 1. The van der Waals surface area contributed by atoms with Crippen molar-refractivity contribution in [3.05, 3.63) is 53.7 Å². The molecule has 0 radical (unpaired) electrons. The molecule has 29 heavy (non-hydrogen) atoms. The van der Waals surface area contributed by atoms with Crippen LogP contribution in [0.1, 0.15) is 28.9 Å². The molecule has 150 valence electrons. The van der Waals surface area contributed by atoms with Gasteiger partial charge in [0, 0.05) is 17.9 Å². The van der Waals surface area contributed by atoms with Crippen molar-refractivity contribution >= 4 is 51.0 Å². The average Bonchev–Trinajstić information content (AvgIpc) is 3.47. The van der Waals surface area contributed by atoms with Crippen LogP contribution in [0.3, 0.4) is 0 Å². The number of thioether (sulfide) groups is 2. The van der Waals surface area contributed by atoms with E-state index in [0.717, 1.165) is 32.9 Å². The average molecular weight is 447 g/mol. The molecule has 0 bridgehead atoms. The molecule has 0 fully saturated rings. The number of esters is 1. The number of aromatic nitrogens is 4. The molecule has 0 amide bonds. The molecule has 10 heteroatoms. The molecule has 4 rings (SSSR count). The molecule has 0 saturated heterocycles. The predicted octanol–water partition coefficient (Wildman–Crippen LogP) is 4.87. The summed E-state index contributed by atoms with van der Waals surface area (Å²) in [6.45, 7) is 2.83. The minimum Gasteiger partial charge on any atom is -0.463 e. The third-order valence-corrected chi connectivity index (χ3v) is 7.37. The number of para-hydroxylation sites is 1. The van der Waals surface area contributed by atoms with Gasteiger partial charge >= 0.3 is 5.97 Å². The van der Waals surface area contributed by atoms with Crippen LogP contribution in [0.4, 0.5) is 0 Å². The van der Waals surface area contributed by atoms with E-state index in [4.69, 9.17) is 9.15 Å². The molecule has 0 aliphatic heterocycles. The highest BCUT2D eigenvalue weighted by Crippen LogP contribution is 2.32. The summed E-state index contributed by atoms with van der Waals surface area (Å²) in [6, 6.07) is 9.91. The molecule has 7 nitrogen and oxygen atoms in total. The SMILES string of the molecule is CCn1c(CSc2nc3ccccc3s2)nnc1SCc1ccoc1C(=O)OC. The van der Waals surface area contributed by atoms with Gasteiger partial charge in [-0.2, -0.15) is 0 Å². The van der Waals surface area contributed by atoms with Crippen LogP contribution in [0.15, 0.2) is 50.5 Å². The number of hydrogen-bond donors (Lipinski definition) is 0. The van der Waals surface area contributed by atoms with Gasteiger partial charge in [-0.15, -0.1) is 21.5 Å². The van der Waals surface area contributed by atoms with Crippen molar-refractivity contribution in [2.75, 3.05) is 7.11 Å². The van der Waals surface area contributed by atoms with E-state index < -0.39 is 5.97 Å². The quantitative estimate of drug-likeness (QED) is 0.280. The molecular weight excluding hydrogens is 428 g/mol. The molecule has 0 atom stereocenters. The first-order valence-corrected chi connectivity index (χ1v) is 11.7. The summed E-state index contributed by atoms with van der Waals surface area (Å²) in [5, 5.41) is 9.51. The van der Waals surface area contributed by atoms with E-state index >= 15 is 0 Å². The van der Waals surface area contributed by atoms with E-state index in [0.29, 0.717) is 11.5 Å². The third-order valence-electron chi connectivity index (χ3n) is 4.18. The van der Waals surface area contributed by atoms with E-state index in [1.165, 1.54) is 29.8 Å². The number of benzene rings is 1. The second-order valence-electron chi connectivity index (χ2n) is 5.93. The van der Waals surface area contributed by atoms with Crippen LogP contribution >= 0.6 is 34.9 Å². The Morgan fingerprint density at radius 2 is 2.07 bits per heavy atom. The zero-order chi connectivity index (χ0) is 20.2. The van der Waals surface area contributed by atoms with Gasteiger partial charge in [-0.1, -0.05) is 35.7 Å². The van der Waals surface area contributed by atoms with Crippen LogP contribution in [0.5, 0.6) is 0 Å². The van der Waals surface area contributed by atoms with E-state index in [1.807, 2.05) is 18.2 Å². The number of fused-ring (bicyclic) bond motifs is 1. The van der Waals surface area contributed by atoms with Crippen LogP contribution in [0.2, 0.25) is 0 Å². The van der Waals surface area contributed by atoms with Crippen LogP contribution in [-0.2, 0) is 22.8 Å². The van der Waals surface area contributed by atoms with E-state index in [2.05, 4.69) is 32.7 Å². The minimum atomic E-state index is -0.476. The number of carbonyl (C=O) groups excluding carboxylic acids is 1. The largest absolute Gasteiger partial charge is 0.463 e. The summed E-state index contributed by atoms with van der Waals surface area (Å²) in [4.78, 5) is 16.4.